The first-order chi connectivity index (χ1) is 10.2. The van der Waals surface area contributed by atoms with Crippen molar-refractivity contribution in [2.45, 2.75) is 24.1 Å². The van der Waals surface area contributed by atoms with E-state index >= 15 is 0 Å². The summed E-state index contributed by atoms with van der Waals surface area (Å²) in [6.45, 7) is 1.30. The van der Waals surface area contributed by atoms with Gasteiger partial charge in [0.25, 0.3) is 5.56 Å². The van der Waals surface area contributed by atoms with Gasteiger partial charge in [-0.1, -0.05) is 11.8 Å². The maximum absolute atomic E-state index is 11.7. The van der Waals surface area contributed by atoms with Crippen molar-refractivity contribution in [1.29, 1.82) is 0 Å². The molecule has 1 aliphatic heterocycles. The third-order valence-corrected chi connectivity index (χ3v) is 4.06. The summed E-state index contributed by atoms with van der Waals surface area (Å²) < 4.78 is 5.43. The van der Waals surface area contributed by atoms with Crippen molar-refractivity contribution < 1.29 is 9.53 Å². The summed E-state index contributed by atoms with van der Waals surface area (Å²) in [6, 6.07) is 0. The van der Waals surface area contributed by atoms with E-state index in [0.29, 0.717) is 22.7 Å². The number of fused-ring (bicyclic) bond motifs is 1. The Hall–Kier alpha value is -1.87. The Kier molecular flexibility index (Phi) is 4.20. The standard InChI is InChI=1S/C12H15N5O3S/c18-9(13-4-7-2-1-3-20-7)6-21-12-15-10-8(5-14-17-10)11(19)16-12/h5,7H,1-4,6H2,(H,13,18)(H2,14,15,16,17,19). The van der Waals surface area contributed by atoms with Gasteiger partial charge in [0.1, 0.15) is 5.39 Å². The Morgan fingerprint density at radius 2 is 2.48 bits per heavy atom. The summed E-state index contributed by atoms with van der Waals surface area (Å²) in [5.41, 5.74) is 0.150. The predicted octanol–water partition coefficient (Wildman–Crippen LogP) is 0.0335. The van der Waals surface area contributed by atoms with Crippen molar-refractivity contribution in [3.8, 4) is 0 Å². The van der Waals surface area contributed by atoms with Crippen molar-refractivity contribution in [1.82, 2.24) is 25.5 Å². The molecule has 9 heteroatoms. The molecule has 1 unspecified atom stereocenters. The van der Waals surface area contributed by atoms with Crippen LogP contribution >= 0.6 is 11.8 Å². The van der Waals surface area contributed by atoms with Crippen molar-refractivity contribution in [3.63, 3.8) is 0 Å². The number of carbonyl (C=O) groups is 1. The molecule has 21 heavy (non-hydrogen) atoms. The number of thioether (sulfide) groups is 1. The molecule has 3 N–H and O–H groups in total. The number of hydrogen-bond acceptors (Lipinski definition) is 6. The van der Waals surface area contributed by atoms with Gasteiger partial charge in [-0.2, -0.15) is 5.10 Å². The van der Waals surface area contributed by atoms with Crippen molar-refractivity contribution in [2.75, 3.05) is 18.9 Å². The second-order valence-corrected chi connectivity index (χ2v) is 5.70. The molecule has 3 rings (SSSR count). The van der Waals surface area contributed by atoms with Gasteiger partial charge < -0.3 is 15.0 Å². The molecule has 0 radical (unpaired) electrons. The van der Waals surface area contributed by atoms with Gasteiger partial charge in [0, 0.05) is 13.2 Å². The predicted molar refractivity (Wildman–Crippen MR) is 77.2 cm³/mol. The normalized spacial score (nSPS) is 18.2. The third kappa shape index (κ3) is 3.42. The number of aromatic amines is 2. The minimum absolute atomic E-state index is 0.108. The molecule has 1 amide bonds. The number of carbonyl (C=O) groups excluding carboxylic acids is 1. The number of nitrogens with zero attached hydrogens (tertiary/aromatic N) is 2. The maximum Gasteiger partial charge on any atom is 0.262 e. The number of amides is 1. The van der Waals surface area contributed by atoms with Gasteiger partial charge in [0.15, 0.2) is 10.8 Å². The van der Waals surface area contributed by atoms with E-state index in [-0.39, 0.29) is 23.3 Å². The second-order valence-electron chi connectivity index (χ2n) is 4.73. The topological polar surface area (TPSA) is 113 Å². The fourth-order valence-electron chi connectivity index (χ4n) is 2.11. The summed E-state index contributed by atoms with van der Waals surface area (Å²) in [7, 11) is 0. The molecule has 1 aliphatic rings. The van der Waals surface area contributed by atoms with Crippen LogP contribution < -0.4 is 10.9 Å². The summed E-state index contributed by atoms with van der Waals surface area (Å²) in [5, 5.41) is 10.0. The molecule has 3 heterocycles. The molecule has 0 aliphatic carbocycles. The third-order valence-electron chi connectivity index (χ3n) is 3.19. The lowest BCUT2D eigenvalue weighted by Gasteiger charge is -2.10. The van der Waals surface area contributed by atoms with Crippen LogP contribution in [0, 0.1) is 0 Å². The molecule has 2 aromatic heterocycles. The minimum Gasteiger partial charge on any atom is -0.376 e. The van der Waals surface area contributed by atoms with E-state index in [4.69, 9.17) is 4.74 Å². The molecule has 0 aromatic carbocycles. The van der Waals surface area contributed by atoms with Gasteiger partial charge in [0.2, 0.25) is 5.91 Å². The smallest absolute Gasteiger partial charge is 0.262 e. The van der Waals surface area contributed by atoms with Gasteiger partial charge in [-0.3, -0.25) is 14.7 Å². The number of hydrogen-bond donors (Lipinski definition) is 3. The fraction of sp³-hybridized carbons (Fsp3) is 0.500. The number of ether oxygens (including phenoxy) is 1. The minimum atomic E-state index is -0.268. The Morgan fingerprint density at radius 3 is 3.29 bits per heavy atom. The van der Waals surface area contributed by atoms with E-state index < -0.39 is 0 Å². The molecule has 2 aromatic rings. The number of nitrogens with one attached hydrogen (secondary N) is 3. The Balaban J connectivity index is 1.53. The molecular weight excluding hydrogens is 294 g/mol. The highest BCUT2D eigenvalue weighted by Crippen LogP contribution is 2.13. The largest absolute Gasteiger partial charge is 0.376 e. The van der Waals surface area contributed by atoms with Gasteiger partial charge in [-0.25, -0.2) is 4.98 Å². The van der Waals surface area contributed by atoms with E-state index in [9.17, 15) is 9.59 Å². The average Bonchev–Trinajstić information content (AvgIpc) is 3.14. The molecule has 0 bridgehead atoms. The van der Waals surface area contributed by atoms with Crippen LogP contribution in [0.15, 0.2) is 16.1 Å². The molecule has 1 atom stereocenters. The first-order valence-electron chi connectivity index (χ1n) is 6.67. The molecule has 0 spiro atoms. The molecule has 0 saturated carbocycles. The van der Waals surface area contributed by atoms with Gasteiger partial charge >= 0.3 is 0 Å². The molecular formula is C12H15N5O3S. The Morgan fingerprint density at radius 1 is 1.57 bits per heavy atom. The average molecular weight is 309 g/mol. The highest BCUT2D eigenvalue weighted by molar-refractivity contribution is 7.99. The summed E-state index contributed by atoms with van der Waals surface area (Å²) in [5.74, 6) is 0.0813. The number of H-pyrrole nitrogens is 2. The van der Waals surface area contributed by atoms with E-state index in [2.05, 4.69) is 25.5 Å². The first kappa shape index (κ1) is 14.1. The van der Waals surface area contributed by atoms with Crippen LogP contribution in [-0.4, -0.2) is 51.1 Å². The van der Waals surface area contributed by atoms with Gasteiger partial charge in [-0.05, 0) is 12.8 Å². The van der Waals surface area contributed by atoms with E-state index in [1.165, 1.54) is 18.0 Å². The van der Waals surface area contributed by atoms with Crippen molar-refractivity contribution >= 4 is 28.7 Å². The second kappa shape index (κ2) is 6.27. The van der Waals surface area contributed by atoms with E-state index in [1.807, 2.05) is 0 Å². The van der Waals surface area contributed by atoms with Crippen LogP contribution in [0.2, 0.25) is 0 Å². The van der Waals surface area contributed by atoms with Crippen LogP contribution in [0.25, 0.3) is 11.0 Å². The summed E-state index contributed by atoms with van der Waals surface area (Å²) in [6.07, 6.45) is 3.58. The van der Waals surface area contributed by atoms with Crippen molar-refractivity contribution in [2.24, 2.45) is 0 Å². The lowest BCUT2D eigenvalue weighted by Crippen LogP contribution is -2.33. The van der Waals surface area contributed by atoms with Crippen LogP contribution in [-0.2, 0) is 9.53 Å². The maximum atomic E-state index is 11.7. The molecule has 8 nitrogen and oxygen atoms in total. The number of rotatable bonds is 5. The van der Waals surface area contributed by atoms with Crippen LogP contribution in [0.1, 0.15) is 12.8 Å². The van der Waals surface area contributed by atoms with E-state index in [0.717, 1.165) is 19.4 Å². The monoisotopic (exact) mass is 309 g/mol. The molecule has 1 fully saturated rings. The summed E-state index contributed by atoms with van der Waals surface area (Å²) in [4.78, 5) is 30.3. The zero-order valence-electron chi connectivity index (χ0n) is 11.2. The lowest BCUT2D eigenvalue weighted by atomic mass is 10.2. The van der Waals surface area contributed by atoms with Crippen molar-refractivity contribution in [3.05, 3.63) is 16.6 Å². The number of aromatic nitrogens is 4. The Labute approximate surface area is 124 Å². The Bertz CT molecular complexity index is 692. The molecule has 1 saturated heterocycles. The lowest BCUT2D eigenvalue weighted by molar-refractivity contribution is -0.119. The highest BCUT2D eigenvalue weighted by atomic mass is 32.2. The van der Waals surface area contributed by atoms with E-state index in [1.54, 1.807) is 0 Å². The quantitative estimate of drug-likeness (QED) is 0.531. The zero-order chi connectivity index (χ0) is 14.7. The van der Waals surface area contributed by atoms with Gasteiger partial charge in [0.05, 0.1) is 18.1 Å². The van der Waals surface area contributed by atoms with Gasteiger partial charge in [-0.15, -0.1) is 0 Å². The SMILES string of the molecule is O=C(CSc1nc2[nH]ncc2c(=O)[nH]1)NCC1CCCO1. The summed E-state index contributed by atoms with van der Waals surface area (Å²) >= 11 is 1.18. The van der Waals surface area contributed by atoms with Crippen LogP contribution in [0.3, 0.4) is 0 Å². The molecule has 112 valence electrons. The zero-order valence-corrected chi connectivity index (χ0v) is 12.0. The first-order valence-corrected chi connectivity index (χ1v) is 7.65. The fourth-order valence-corrected chi connectivity index (χ4v) is 2.80. The highest BCUT2D eigenvalue weighted by Gasteiger charge is 2.16. The van der Waals surface area contributed by atoms with Crippen LogP contribution in [0.5, 0.6) is 0 Å². The van der Waals surface area contributed by atoms with Crippen LogP contribution in [0.4, 0.5) is 0 Å².